The van der Waals surface area contributed by atoms with Crippen molar-refractivity contribution >= 4 is 38.7 Å². The Morgan fingerprint density at radius 3 is 2.40 bits per heavy atom. The zero-order chi connectivity index (χ0) is 21.0. The van der Waals surface area contributed by atoms with Gasteiger partial charge in [0.25, 0.3) is 0 Å². The first-order chi connectivity index (χ1) is 14.5. The molecule has 4 aromatic rings. The van der Waals surface area contributed by atoms with E-state index >= 15 is 0 Å². The zero-order valence-corrected chi connectivity index (χ0v) is 17.5. The summed E-state index contributed by atoms with van der Waals surface area (Å²) in [5, 5.41) is 11.6. The third-order valence-electron chi connectivity index (χ3n) is 4.25. The number of rotatable bonds is 7. The average Bonchev–Trinajstić information content (AvgIpc) is 3.22. The Balaban J connectivity index is 1.45. The van der Waals surface area contributed by atoms with E-state index in [0.29, 0.717) is 11.6 Å². The minimum absolute atomic E-state index is 0.0537. The van der Waals surface area contributed by atoms with Crippen molar-refractivity contribution in [3.05, 3.63) is 83.9 Å². The molecule has 2 heterocycles. The second-order valence-electron chi connectivity index (χ2n) is 6.45. The molecule has 0 saturated heterocycles. The van der Waals surface area contributed by atoms with Gasteiger partial charge in [0.1, 0.15) is 0 Å². The van der Waals surface area contributed by atoms with Crippen LogP contribution in [-0.2, 0) is 16.6 Å². The highest BCUT2D eigenvalue weighted by Crippen LogP contribution is 2.28. The van der Waals surface area contributed by atoms with Gasteiger partial charge < -0.3 is 10.6 Å². The summed E-state index contributed by atoms with van der Waals surface area (Å²) in [6, 6.07) is 22.1. The van der Waals surface area contributed by atoms with Crippen LogP contribution in [0.3, 0.4) is 0 Å². The number of primary sulfonamides is 1. The van der Waals surface area contributed by atoms with Crippen LogP contribution < -0.4 is 15.8 Å². The maximum absolute atomic E-state index is 11.4. The fraction of sp³-hybridized carbons (Fsp3) is 0.0476. The van der Waals surface area contributed by atoms with Crippen molar-refractivity contribution in [2.45, 2.75) is 11.4 Å². The van der Waals surface area contributed by atoms with Gasteiger partial charge in [-0.1, -0.05) is 18.2 Å². The largest absolute Gasteiger partial charge is 0.380 e. The molecule has 4 rings (SSSR count). The summed E-state index contributed by atoms with van der Waals surface area (Å²) in [5.74, 6) is 0.424. The van der Waals surface area contributed by atoms with Crippen molar-refractivity contribution in [1.29, 1.82) is 0 Å². The normalized spacial score (nSPS) is 11.2. The van der Waals surface area contributed by atoms with E-state index < -0.39 is 10.0 Å². The fourth-order valence-corrected chi connectivity index (χ4v) is 4.20. The highest BCUT2D eigenvalue weighted by Gasteiger charge is 2.09. The van der Waals surface area contributed by atoms with Gasteiger partial charge in [0, 0.05) is 29.0 Å². The first kappa shape index (κ1) is 20.0. The Morgan fingerprint density at radius 2 is 1.67 bits per heavy atom. The van der Waals surface area contributed by atoms with E-state index in [1.165, 1.54) is 17.0 Å². The van der Waals surface area contributed by atoms with Crippen LogP contribution in [0, 0.1) is 0 Å². The molecule has 4 N–H and O–H groups in total. The third kappa shape index (κ3) is 5.01. The Kier molecular flexibility index (Phi) is 5.75. The van der Waals surface area contributed by atoms with Crippen LogP contribution in [0.2, 0.25) is 0 Å². The second-order valence-corrected chi connectivity index (χ2v) is 9.18. The lowest BCUT2D eigenvalue weighted by Gasteiger charge is -2.06. The van der Waals surface area contributed by atoms with Gasteiger partial charge in [0.05, 0.1) is 15.5 Å². The Hall–Kier alpha value is -3.27. The highest BCUT2D eigenvalue weighted by atomic mass is 32.2. The van der Waals surface area contributed by atoms with E-state index in [-0.39, 0.29) is 4.90 Å². The maximum atomic E-state index is 11.4. The minimum atomic E-state index is -3.72. The number of sulfonamides is 1. The number of nitrogens with one attached hydrogen (secondary N) is 2. The molecule has 30 heavy (non-hydrogen) atoms. The highest BCUT2D eigenvalue weighted by molar-refractivity contribution is 7.89. The van der Waals surface area contributed by atoms with Gasteiger partial charge in [-0.25, -0.2) is 23.5 Å². The molecular formula is C21H19N5O2S2. The van der Waals surface area contributed by atoms with Crippen LogP contribution >= 0.6 is 11.3 Å². The molecule has 0 spiro atoms. The van der Waals surface area contributed by atoms with Crippen molar-refractivity contribution < 1.29 is 8.42 Å². The van der Waals surface area contributed by atoms with Crippen molar-refractivity contribution in [1.82, 2.24) is 9.97 Å². The topological polar surface area (TPSA) is 110 Å². The van der Waals surface area contributed by atoms with Crippen LogP contribution in [-0.4, -0.2) is 18.4 Å². The predicted octanol–water partition coefficient (Wildman–Crippen LogP) is 4.21. The van der Waals surface area contributed by atoms with E-state index in [1.807, 2.05) is 42.5 Å². The first-order valence-electron chi connectivity index (χ1n) is 9.08. The van der Waals surface area contributed by atoms with E-state index in [0.717, 1.165) is 22.8 Å². The Bertz CT molecular complexity index is 1240. The number of para-hydroxylation sites is 1. The average molecular weight is 438 g/mol. The molecule has 0 amide bonds. The summed E-state index contributed by atoms with van der Waals surface area (Å²) in [6.45, 7) is 0.737. The quantitative estimate of drug-likeness (QED) is 0.400. The molecule has 2 aromatic heterocycles. The van der Waals surface area contributed by atoms with E-state index in [1.54, 1.807) is 29.7 Å². The van der Waals surface area contributed by atoms with Crippen LogP contribution in [0.25, 0.3) is 10.6 Å². The molecule has 0 fully saturated rings. The van der Waals surface area contributed by atoms with Crippen molar-refractivity contribution in [3.8, 4) is 10.6 Å². The third-order valence-corrected chi connectivity index (χ3v) is 6.29. The van der Waals surface area contributed by atoms with Crippen molar-refractivity contribution in [2.75, 3.05) is 10.6 Å². The molecule has 0 bridgehead atoms. The second kappa shape index (κ2) is 8.62. The number of hydrogen-bond acceptors (Lipinski definition) is 7. The molecule has 0 radical (unpaired) electrons. The van der Waals surface area contributed by atoms with Gasteiger partial charge in [0.2, 0.25) is 16.0 Å². The van der Waals surface area contributed by atoms with Gasteiger partial charge >= 0.3 is 0 Å². The van der Waals surface area contributed by atoms with Gasteiger partial charge in [-0.15, -0.1) is 11.3 Å². The van der Waals surface area contributed by atoms with Crippen molar-refractivity contribution in [2.24, 2.45) is 5.14 Å². The summed E-state index contributed by atoms with van der Waals surface area (Å²) in [4.78, 5) is 11.1. The lowest BCUT2D eigenvalue weighted by molar-refractivity contribution is 0.598. The summed E-state index contributed by atoms with van der Waals surface area (Å²) >= 11 is 1.66. The van der Waals surface area contributed by atoms with Crippen LogP contribution in [0.5, 0.6) is 0 Å². The van der Waals surface area contributed by atoms with Crippen LogP contribution in [0.1, 0.15) is 4.88 Å². The molecule has 2 aromatic carbocycles. The SMILES string of the molecule is NS(=O)(=O)c1ccc(Nc2nccc(-c3ccc(CNc4ccccc4)s3)n2)cc1. The van der Waals surface area contributed by atoms with E-state index in [9.17, 15) is 8.42 Å². The van der Waals surface area contributed by atoms with Gasteiger partial charge in [-0.2, -0.15) is 0 Å². The summed E-state index contributed by atoms with van der Waals surface area (Å²) < 4.78 is 22.7. The molecule has 0 unspecified atom stereocenters. The molecule has 0 aliphatic rings. The summed E-state index contributed by atoms with van der Waals surface area (Å²) in [5.41, 5.74) is 2.55. The fourth-order valence-electron chi connectivity index (χ4n) is 2.77. The molecule has 0 aliphatic carbocycles. The van der Waals surface area contributed by atoms with Crippen LogP contribution in [0.15, 0.2) is 83.9 Å². The predicted molar refractivity (Wildman–Crippen MR) is 120 cm³/mol. The number of hydrogen-bond donors (Lipinski definition) is 3. The van der Waals surface area contributed by atoms with Gasteiger partial charge in [0.15, 0.2) is 0 Å². The van der Waals surface area contributed by atoms with Gasteiger partial charge in [-0.05, 0) is 54.6 Å². The number of nitrogens with zero attached hydrogens (tertiary/aromatic N) is 2. The smallest absolute Gasteiger partial charge is 0.238 e. The van der Waals surface area contributed by atoms with E-state index in [4.69, 9.17) is 5.14 Å². The lowest BCUT2D eigenvalue weighted by atomic mass is 10.3. The monoisotopic (exact) mass is 437 g/mol. The van der Waals surface area contributed by atoms with Gasteiger partial charge in [-0.3, -0.25) is 0 Å². The summed E-state index contributed by atoms with van der Waals surface area (Å²) in [6.07, 6.45) is 1.69. The lowest BCUT2D eigenvalue weighted by Crippen LogP contribution is -2.11. The zero-order valence-electron chi connectivity index (χ0n) is 15.8. The van der Waals surface area contributed by atoms with Crippen molar-refractivity contribution in [3.63, 3.8) is 0 Å². The molecule has 9 heteroatoms. The Morgan fingerprint density at radius 1 is 0.900 bits per heavy atom. The minimum Gasteiger partial charge on any atom is -0.380 e. The summed E-state index contributed by atoms with van der Waals surface area (Å²) in [7, 11) is -3.72. The molecule has 7 nitrogen and oxygen atoms in total. The van der Waals surface area contributed by atoms with Crippen LogP contribution in [0.4, 0.5) is 17.3 Å². The number of aromatic nitrogens is 2. The molecule has 0 saturated carbocycles. The number of anilines is 3. The maximum Gasteiger partial charge on any atom is 0.238 e. The number of benzene rings is 2. The number of nitrogens with two attached hydrogens (primary N) is 1. The Labute approximate surface area is 178 Å². The first-order valence-corrected chi connectivity index (χ1v) is 11.4. The molecule has 0 atom stereocenters. The molecule has 0 aliphatic heterocycles. The van der Waals surface area contributed by atoms with E-state index in [2.05, 4.69) is 26.7 Å². The standard InChI is InChI=1S/C21H19N5O2S2/c22-30(27,28)18-9-6-16(7-10-18)25-21-23-13-12-19(26-21)20-11-8-17(29-20)14-24-15-4-2-1-3-5-15/h1-13,24H,14H2,(H2,22,27,28)(H,23,25,26). The molecular weight excluding hydrogens is 418 g/mol. The molecule has 152 valence electrons. The number of thiophene rings is 1.